The molecule has 1 heterocycles. The number of amides is 2. The van der Waals surface area contributed by atoms with Crippen LogP contribution in [0.3, 0.4) is 0 Å². The first kappa shape index (κ1) is 22.7. The summed E-state index contributed by atoms with van der Waals surface area (Å²) in [5, 5.41) is 0. The molecule has 1 fully saturated rings. The number of piperazine rings is 1. The molecule has 166 valence electrons. The number of rotatable bonds is 5. The average molecular weight is 448 g/mol. The van der Waals surface area contributed by atoms with Crippen LogP contribution in [0.2, 0.25) is 0 Å². The van der Waals surface area contributed by atoms with E-state index in [0.29, 0.717) is 43.0 Å². The van der Waals surface area contributed by atoms with Crippen molar-refractivity contribution < 1.29 is 22.4 Å². The predicted molar refractivity (Wildman–Crippen MR) is 117 cm³/mol. The summed E-state index contributed by atoms with van der Waals surface area (Å²) in [7, 11) is -2.77. The van der Waals surface area contributed by atoms with Crippen molar-refractivity contribution in [3.8, 4) is 0 Å². The zero-order chi connectivity index (χ0) is 22.8. The molecule has 1 N–H and O–H groups in total. The lowest BCUT2D eigenvalue weighted by molar-refractivity contribution is -0.137. The molecule has 31 heavy (non-hydrogen) atoms. The second-order valence-electron chi connectivity index (χ2n) is 8.11. The highest BCUT2D eigenvalue weighted by atomic mass is 32.2. The molecule has 1 aliphatic rings. The molecular formula is C22H26FN3O4S. The number of hydrogen-bond donors (Lipinski definition) is 2. The number of carbonyl (C=O) groups is 2. The van der Waals surface area contributed by atoms with Crippen molar-refractivity contribution >= 4 is 28.4 Å². The first-order valence-electron chi connectivity index (χ1n) is 9.96. The number of carbonyl (C=O) groups excluding carboxylic acids is 2. The monoisotopic (exact) mass is 447 g/mol. The Kier molecular flexibility index (Phi) is 6.64. The minimum atomic E-state index is -2.77. The summed E-state index contributed by atoms with van der Waals surface area (Å²) in [4.78, 5) is 29.4. The van der Waals surface area contributed by atoms with Crippen molar-refractivity contribution in [2.75, 3.05) is 30.9 Å². The number of aryl methyl sites for hydroxylation is 1. The molecule has 2 amide bonds. The third-order valence-electron chi connectivity index (χ3n) is 5.64. The van der Waals surface area contributed by atoms with Gasteiger partial charge < -0.3 is 9.80 Å². The summed E-state index contributed by atoms with van der Waals surface area (Å²) in [6.45, 7) is 6.97. The molecule has 0 spiro atoms. The zero-order valence-electron chi connectivity index (χ0n) is 17.7. The minimum absolute atomic E-state index is 0.0656. The molecule has 3 rings (SSSR count). The number of halogens is 1. The first-order valence-corrected chi connectivity index (χ1v) is 11.1. The Hall–Kier alpha value is -2.94. The van der Waals surface area contributed by atoms with Crippen LogP contribution in [0.25, 0.3) is 0 Å². The summed E-state index contributed by atoms with van der Waals surface area (Å²) < 4.78 is 37.3. The topological polar surface area (TPSA) is 86.8 Å². The maximum Gasteiger partial charge on any atom is 0.253 e. The van der Waals surface area contributed by atoms with E-state index in [0.717, 1.165) is 5.56 Å². The lowest BCUT2D eigenvalue weighted by Crippen LogP contribution is -2.54. The third-order valence-corrected chi connectivity index (χ3v) is 6.06. The Labute approximate surface area is 182 Å². The second kappa shape index (κ2) is 9.05. The van der Waals surface area contributed by atoms with Crippen LogP contribution >= 0.6 is 0 Å². The van der Waals surface area contributed by atoms with Gasteiger partial charge in [0.1, 0.15) is 5.82 Å². The third kappa shape index (κ3) is 5.04. The quantitative estimate of drug-likeness (QED) is 0.689. The molecule has 0 bridgehead atoms. The van der Waals surface area contributed by atoms with E-state index < -0.39 is 16.3 Å². The lowest BCUT2D eigenvalue weighted by atomic mass is 9.83. The van der Waals surface area contributed by atoms with Crippen molar-refractivity contribution in [3.63, 3.8) is 0 Å². The lowest BCUT2D eigenvalue weighted by Gasteiger charge is -2.39. The predicted octanol–water partition coefficient (Wildman–Crippen LogP) is 2.33. The molecule has 0 saturated carbocycles. The van der Waals surface area contributed by atoms with Gasteiger partial charge in [-0.1, -0.05) is 12.1 Å². The van der Waals surface area contributed by atoms with Crippen LogP contribution in [0.15, 0.2) is 42.5 Å². The van der Waals surface area contributed by atoms with Crippen molar-refractivity contribution in [2.45, 2.75) is 26.2 Å². The fourth-order valence-corrected chi connectivity index (χ4v) is 4.15. The molecule has 0 aliphatic carbocycles. The summed E-state index contributed by atoms with van der Waals surface area (Å²) in [6.07, 6.45) is 0. The van der Waals surface area contributed by atoms with E-state index in [9.17, 15) is 22.4 Å². The number of nitrogens with one attached hydrogen (secondary N) is 1. The molecule has 1 saturated heterocycles. The smallest absolute Gasteiger partial charge is 0.253 e. The maximum atomic E-state index is 13.2. The molecular weight excluding hydrogens is 421 g/mol. The molecule has 1 aliphatic heterocycles. The van der Waals surface area contributed by atoms with Crippen LogP contribution in [0.1, 0.15) is 35.3 Å². The van der Waals surface area contributed by atoms with Crippen LogP contribution in [-0.2, 0) is 21.1 Å². The highest BCUT2D eigenvalue weighted by molar-refractivity contribution is 7.73. The van der Waals surface area contributed by atoms with Crippen molar-refractivity contribution in [1.82, 2.24) is 9.80 Å². The Morgan fingerprint density at radius 3 is 2.10 bits per heavy atom. The first-order chi connectivity index (χ1) is 14.6. The molecule has 2 aromatic rings. The minimum Gasteiger partial charge on any atom is -0.338 e. The fraction of sp³-hybridized carbons (Fsp3) is 0.364. The van der Waals surface area contributed by atoms with Crippen molar-refractivity contribution in [3.05, 3.63) is 65.0 Å². The largest absolute Gasteiger partial charge is 0.338 e. The van der Waals surface area contributed by atoms with Gasteiger partial charge in [-0.2, -0.15) is 0 Å². The van der Waals surface area contributed by atoms with Gasteiger partial charge in [-0.25, -0.2) is 12.8 Å². The van der Waals surface area contributed by atoms with Gasteiger partial charge in [-0.15, -0.1) is 0 Å². The second-order valence-corrected chi connectivity index (χ2v) is 8.85. The summed E-state index contributed by atoms with van der Waals surface area (Å²) in [6, 6.07) is 10.7. The Balaban J connectivity index is 1.64. The van der Waals surface area contributed by atoms with Crippen LogP contribution in [-0.4, -0.2) is 56.2 Å². The molecule has 0 unspecified atom stereocenters. The van der Waals surface area contributed by atoms with E-state index in [4.69, 9.17) is 0 Å². The number of nitrogens with zero attached hydrogens (tertiary/aromatic N) is 2. The van der Waals surface area contributed by atoms with E-state index in [1.165, 1.54) is 12.1 Å². The fourth-order valence-electron chi connectivity index (χ4n) is 3.70. The van der Waals surface area contributed by atoms with Gasteiger partial charge in [-0.3, -0.25) is 14.3 Å². The normalized spacial score (nSPS) is 14.6. The van der Waals surface area contributed by atoms with Crippen LogP contribution in [0.4, 0.5) is 10.1 Å². The molecule has 0 atom stereocenters. The Bertz CT molecular complexity index is 1050. The van der Waals surface area contributed by atoms with E-state index >= 15 is 0 Å². The van der Waals surface area contributed by atoms with Crippen LogP contribution < -0.4 is 4.72 Å². The summed E-state index contributed by atoms with van der Waals surface area (Å²) in [5.41, 5.74) is 1.49. The van der Waals surface area contributed by atoms with Crippen LogP contribution in [0, 0.1) is 12.7 Å². The average Bonchev–Trinajstić information content (AvgIpc) is 2.74. The number of benzene rings is 2. The van der Waals surface area contributed by atoms with Crippen molar-refractivity contribution in [1.29, 1.82) is 0 Å². The standard InChI is InChI=1S/C22H26FN3O4S/c1-15-14-16(4-9-19(15)24-31(29)30)20(27)25-10-12-26(13-11-25)21(28)22(2,3)17-5-7-18(23)8-6-17/h4-9,14,31H,10-13H2,1-3H3,(H,24,29,30). The van der Waals surface area contributed by atoms with Gasteiger partial charge in [-0.05, 0) is 62.2 Å². The van der Waals surface area contributed by atoms with E-state index in [1.54, 1.807) is 47.1 Å². The van der Waals surface area contributed by atoms with Gasteiger partial charge in [0.2, 0.25) is 16.8 Å². The molecule has 2 aromatic carbocycles. The van der Waals surface area contributed by atoms with Crippen molar-refractivity contribution in [2.24, 2.45) is 0 Å². The molecule has 9 heteroatoms. The number of hydrogen-bond acceptors (Lipinski definition) is 4. The summed E-state index contributed by atoms with van der Waals surface area (Å²) in [5.74, 6) is -0.574. The van der Waals surface area contributed by atoms with Gasteiger partial charge in [0.15, 0.2) is 0 Å². The highest BCUT2D eigenvalue weighted by Gasteiger charge is 2.35. The summed E-state index contributed by atoms with van der Waals surface area (Å²) >= 11 is 0. The van der Waals surface area contributed by atoms with E-state index in [-0.39, 0.29) is 17.6 Å². The highest BCUT2D eigenvalue weighted by Crippen LogP contribution is 2.27. The van der Waals surface area contributed by atoms with Crippen LogP contribution in [0.5, 0.6) is 0 Å². The van der Waals surface area contributed by atoms with Gasteiger partial charge in [0, 0.05) is 31.7 Å². The molecule has 0 aromatic heterocycles. The van der Waals surface area contributed by atoms with Gasteiger partial charge in [0.05, 0.1) is 11.1 Å². The van der Waals surface area contributed by atoms with Gasteiger partial charge >= 0.3 is 0 Å². The maximum absolute atomic E-state index is 13.2. The Morgan fingerprint density at radius 2 is 1.55 bits per heavy atom. The molecule has 7 nitrogen and oxygen atoms in total. The zero-order valence-corrected chi connectivity index (χ0v) is 18.6. The van der Waals surface area contributed by atoms with E-state index in [2.05, 4.69) is 4.72 Å². The van der Waals surface area contributed by atoms with E-state index in [1.807, 2.05) is 13.8 Å². The SMILES string of the molecule is Cc1cc(C(=O)N2CCN(C(=O)C(C)(C)c3ccc(F)cc3)CC2)ccc1N[SH](=O)=O. The molecule has 0 radical (unpaired) electrons. The Morgan fingerprint density at radius 1 is 0.968 bits per heavy atom. The number of anilines is 1. The number of thiol groups is 1. The van der Waals surface area contributed by atoms with Gasteiger partial charge in [0.25, 0.3) is 5.91 Å².